The monoisotopic (exact) mass is 470 g/mol. The Morgan fingerprint density at radius 1 is 1.21 bits per heavy atom. The summed E-state index contributed by atoms with van der Waals surface area (Å²) in [5, 5.41) is 11.9. The molecule has 1 aromatic carbocycles. The average Bonchev–Trinajstić information content (AvgIpc) is 2.94. The van der Waals surface area contributed by atoms with Crippen molar-refractivity contribution in [1.29, 1.82) is 0 Å². The van der Waals surface area contributed by atoms with Gasteiger partial charge >= 0.3 is 5.97 Å². The molecule has 0 bridgehead atoms. The van der Waals surface area contributed by atoms with Gasteiger partial charge in [-0.1, -0.05) is 23.7 Å². The van der Waals surface area contributed by atoms with Gasteiger partial charge in [-0.15, -0.1) is 0 Å². The summed E-state index contributed by atoms with van der Waals surface area (Å²) in [4.78, 5) is 36.2. The highest BCUT2D eigenvalue weighted by Gasteiger charge is 2.21. The molecule has 2 amide bonds. The van der Waals surface area contributed by atoms with Crippen molar-refractivity contribution in [2.24, 2.45) is 0 Å². The molecule has 0 radical (unpaired) electrons. The lowest BCUT2D eigenvalue weighted by Gasteiger charge is -2.19. The minimum Gasteiger partial charge on any atom is -0.460 e. The summed E-state index contributed by atoms with van der Waals surface area (Å²) < 4.78 is 5.45. The first-order valence-corrected chi connectivity index (χ1v) is 9.55. The zero-order chi connectivity index (χ0) is 20.9. The normalized spacial score (nSPS) is 11.0. The number of aromatic nitrogens is 2. The first kappa shape index (κ1) is 21.9. The van der Waals surface area contributed by atoms with Crippen LogP contribution in [0, 0.1) is 0 Å². The topological polar surface area (TPSA) is 113 Å². The third kappa shape index (κ3) is 6.07. The van der Waals surface area contributed by atoms with Crippen LogP contribution in [0.15, 0.2) is 28.7 Å². The number of carbonyl (C=O) groups is 3. The van der Waals surface area contributed by atoms with Gasteiger partial charge in [-0.2, -0.15) is 5.10 Å². The quantitative estimate of drug-likeness (QED) is 0.558. The summed E-state index contributed by atoms with van der Waals surface area (Å²) in [5.41, 5.74) is -0.191. The zero-order valence-corrected chi connectivity index (χ0v) is 17.9. The van der Waals surface area contributed by atoms with E-state index >= 15 is 0 Å². The van der Waals surface area contributed by atoms with E-state index in [2.05, 4.69) is 36.8 Å². The molecule has 10 heteroatoms. The molecule has 0 aliphatic carbocycles. The van der Waals surface area contributed by atoms with Gasteiger partial charge in [-0.25, -0.2) is 0 Å². The average molecular weight is 472 g/mol. The molecule has 28 heavy (non-hydrogen) atoms. The Morgan fingerprint density at radius 2 is 1.89 bits per heavy atom. The minimum atomic E-state index is -0.581. The predicted octanol–water partition coefficient (Wildman–Crippen LogP) is 3.54. The smallest absolute Gasteiger partial charge is 0.308 e. The maximum atomic E-state index is 12.3. The van der Waals surface area contributed by atoms with Crippen molar-refractivity contribution in [3.05, 3.63) is 45.0 Å². The lowest BCUT2D eigenvalue weighted by molar-refractivity contribution is -0.154. The molecule has 150 valence electrons. The van der Waals surface area contributed by atoms with Crippen LogP contribution < -0.4 is 10.6 Å². The van der Waals surface area contributed by atoms with Crippen molar-refractivity contribution in [1.82, 2.24) is 15.5 Å². The Bertz CT molecular complexity index is 892. The van der Waals surface area contributed by atoms with Gasteiger partial charge in [0.25, 0.3) is 11.8 Å². The summed E-state index contributed by atoms with van der Waals surface area (Å²) in [6.45, 7) is 5.40. The molecule has 3 N–H and O–H groups in total. The number of benzene rings is 1. The van der Waals surface area contributed by atoms with E-state index < -0.39 is 23.4 Å². The van der Waals surface area contributed by atoms with Crippen LogP contribution in [-0.2, 0) is 9.53 Å². The van der Waals surface area contributed by atoms with Crippen molar-refractivity contribution in [3.8, 4) is 0 Å². The van der Waals surface area contributed by atoms with E-state index in [9.17, 15) is 14.4 Å². The molecule has 1 heterocycles. The number of aromatic amines is 1. The van der Waals surface area contributed by atoms with Gasteiger partial charge in [-0.3, -0.25) is 19.5 Å². The molecule has 2 aromatic rings. The molecule has 0 aliphatic heterocycles. The van der Waals surface area contributed by atoms with Crippen LogP contribution in [0.1, 0.15) is 48.0 Å². The van der Waals surface area contributed by atoms with Crippen molar-refractivity contribution in [2.75, 3.05) is 11.9 Å². The molecular weight excluding hydrogens is 452 g/mol. The largest absolute Gasteiger partial charge is 0.460 e. The Hall–Kier alpha value is -2.39. The lowest BCUT2D eigenvalue weighted by atomic mass is 10.2. The van der Waals surface area contributed by atoms with Gasteiger partial charge in [0.2, 0.25) is 0 Å². The fourth-order valence-corrected chi connectivity index (χ4v) is 2.82. The van der Waals surface area contributed by atoms with Crippen LogP contribution in [0.25, 0.3) is 0 Å². The van der Waals surface area contributed by atoms with Gasteiger partial charge in [0.05, 0.1) is 21.5 Å². The maximum Gasteiger partial charge on any atom is 0.308 e. The molecule has 0 aliphatic rings. The number of H-pyrrole nitrogens is 1. The van der Waals surface area contributed by atoms with Gasteiger partial charge in [0, 0.05) is 6.54 Å². The van der Waals surface area contributed by atoms with Crippen molar-refractivity contribution < 1.29 is 19.1 Å². The molecule has 0 saturated heterocycles. The van der Waals surface area contributed by atoms with Gasteiger partial charge in [0.15, 0.2) is 5.82 Å². The molecule has 8 nitrogen and oxygen atoms in total. The number of ether oxygens (including phenoxy) is 1. The fourth-order valence-electron chi connectivity index (χ4n) is 2.14. The number of amides is 2. The Morgan fingerprint density at radius 3 is 2.54 bits per heavy atom. The molecule has 0 atom stereocenters. The van der Waals surface area contributed by atoms with Crippen LogP contribution in [0.3, 0.4) is 0 Å². The number of carbonyl (C=O) groups excluding carboxylic acids is 3. The molecule has 1 aromatic heterocycles. The van der Waals surface area contributed by atoms with Gasteiger partial charge in [0.1, 0.15) is 11.3 Å². The standard InChI is InChI=1S/C18H20BrClN4O4/c1-18(2,3)28-12(25)8-9-21-17(27)14-13(19)15(24-23-14)22-16(26)10-6-4-5-7-11(10)20/h4-7H,8-9H2,1-3H3,(H,21,27)(H2,22,23,24,26). The zero-order valence-electron chi connectivity index (χ0n) is 15.6. The highest BCUT2D eigenvalue weighted by atomic mass is 79.9. The fraction of sp³-hybridized carbons (Fsp3) is 0.333. The predicted molar refractivity (Wildman–Crippen MR) is 108 cm³/mol. The summed E-state index contributed by atoms with van der Waals surface area (Å²) in [6.07, 6.45) is 0.0326. The molecule has 0 unspecified atom stereocenters. The van der Waals surface area contributed by atoms with Crippen LogP contribution in [-0.4, -0.2) is 40.1 Å². The van der Waals surface area contributed by atoms with Crippen LogP contribution >= 0.6 is 27.5 Å². The van der Waals surface area contributed by atoms with E-state index in [4.69, 9.17) is 16.3 Å². The highest BCUT2D eigenvalue weighted by Crippen LogP contribution is 2.25. The first-order chi connectivity index (χ1) is 13.1. The Kier molecular flexibility index (Phi) is 7.20. The number of esters is 1. The number of anilines is 1. The second kappa shape index (κ2) is 9.20. The van der Waals surface area contributed by atoms with Crippen molar-refractivity contribution >= 4 is 51.1 Å². The van der Waals surface area contributed by atoms with Crippen LogP contribution in [0.4, 0.5) is 5.82 Å². The number of hydrogen-bond acceptors (Lipinski definition) is 5. The molecule has 0 saturated carbocycles. The van der Waals surface area contributed by atoms with Crippen LogP contribution in [0.2, 0.25) is 5.02 Å². The second-order valence-corrected chi connectivity index (χ2v) is 7.99. The lowest BCUT2D eigenvalue weighted by Crippen LogP contribution is -2.30. The number of nitrogens with one attached hydrogen (secondary N) is 3. The van der Waals surface area contributed by atoms with Gasteiger partial charge < -0.3 is 15.4 Å². The summed E-state index contributed by atoms with van der Waals surface area (Å²) in [5.74, 6) is -1.22. The molecule has 2 rings (SSSR count). The first-order valence-electron chi connectivity index (χ1n) is 8.38. The van der Waals surface area contributed by atoms with E-state index in [0.717, 1.165) is 0 Å². The number of nitrogens with zero attached hydrogens (tertiary/aromatic N) is 1. The van der Waals surface area contributed by atoms with Crippen molar-refractivity contribution in [2.45, 2.75) is 32.8 Å². The maximum absolute atomic E-state index is 12.3. The van der Waals surface area contributed by atoms with E-state index in [1.165, 1.54) is 0 Å². The Balaban J connectivity index is 1.95. The minimum absolute atomic E-state index is 0.0326. The highest BCUT2D eigenvalue weighted by molar-refractivity contribution is 9.10. The molecular formula is C18H20BrClN4O4. The third-order valence-corrected chi connectivity index (χ3v) is 4.42. The van der Waals surface area contributed by atoms with E-state index in [1.54, 1.807) is 45.0 Å². The third-order valence-electron chi connectivity index (χ3n) is 3.32. The van der Waals surface area contributed by atoms with Crippen LogP contribution in [0.5, 0.6) is 0 Å². The van der Waals surface area contributed by atoms with E-state index in [-0.39, 0.29) is 34.5 Å². The summed E-state index contributed by atoms with van der Waals surface area (Å²) >= 11 is 9.24. The SMILES string of the molecule is CC(C)(C)OC(=O)CCNC(=O)c1[nH]nc(NC(=O)c2ccccc2Cl)c1Br. The van der Waals surface area contributed by atoms with Gasteiger partial charge in [-0.05, 0) is 48.8 Å². The number of hydrogen-bond donors (Lipinski definition) is 3. The Labute approximate surface area is 175 Å². The number of halogens is 2. The van der Waals surface area contributed by atoms with Crippen molar-refractivity contribution in [3.63, 3.8) is 0 Å². The summed E-state index contributed by atoms with van der Waals surface area (Å²) in [7, 11) is 0. The van der Waals surface area contributed by atoms with E-state index in [0.29, 0.717) is 5.02 Å². The number of rotatable bonds is 6. The molecule has 0 fully saturated rings. The van der Waals surface area contributed by atoms with E-state index in [1.807, 2.05) is 0 Å². The second-order valence-electron chi connectivity index (χ2n) is 6.79. The molecule has 0 spiro atoms. The summed E-state index contributed by atoms with van der Waals surface area (Å²) in [6, 6.07) is 6.56.